The molecule has 0 aliphatic carbocycles. The van der Waals surface area contributed by atoms with E-state index in [1.807, 2.05) is 109 Å². The lowest BCUT2D eigenvalue weighted by atomic mass is 9.99. The number of benzene rings is 9. The van der Waals surface area contributed by atoms with Gasteiger partial charge in [0.25, 0.3) is 0 Å². The molecule has 0 aliphatic rings. The second kappa shape index (κ2) is 12.7. The highest BCUT2D eigenvalue weighted by Crippen LogP contribution is 2.43. The van der Waals surface area contributed by atoms with Crippen molar-refractivity contribution in [2.24, 2.45) is 0 Å². The van der Waals surface area contributed by atoms with Crippen molar-refractivity contribution in [1.29, 1.82) is 0 Å². The van der Waals surface area contributed by atoms with Crippen LogP contribution >= 0.6 is 11.3 Å². The fraction of sp³-hybridized carbons (Fsp3) is 0. The van der Waals surface area contributed by atoms with Crippen molar-refractivity contribution >= 4 is 75.1 Å². The largest absolute Gasteiger partial charge is 0.309 e. The van der Waals surface area contributed by atoms with Gasteiger partial charge in [-0.05, 0) is 94.5 Å². The molecular weight excluding hydrogens is 709 g/mol. The lowest BCUT2D eigenvalue weighted by molar-refractivity contribution is 1.18. The minimum absolute atomic E-state index is 0.0744. The van der Waals surface area contributed by atoms with Crippen LogP contribution in [0.1, 0.15) is 9.60 Å². The molecule has 0 fully saturated rings. The molecule has 3 heterocycles. The molecule has 0 radical (unpaired) electrons. The number of aromatic nitrogens is 2. The van der Waals surface area contributed by atoms with E-state index in [0.717, 1.165) is 69.9 Å². The van der Waals surface area contributed by atoms with Gasteiger partial charge in [-0.2, -0.15) is 0 Å². The summed E-state index contributed by atoms with van der Waals surface area (Å²) in [6.07, 6.45) is 0. The van der Waals surface area contributed by atoms with Gasteiger partial charge in [0.1, 0.15) is 0 Å². The van der Waals surface area contributed by atoms with Gasteiger partial charge in [0.05, 0.1) is 43.0 Å². The monoisotopic (exact) mass is 749 g/mol. The minimum atomic E-state index is -0.419. The van der Waals surface area contributed by atoms with E-state index >= 15 is 0 Å². The number of thiophene rings is 1. The van der Waals surface area contributed by atoms with Crippen molar-refractivity contribution in [3.8, 4) is 44.8 Å². The fourth-order valence-electron chi connectivity index (χ4n) is 8.62. The van der Waals surface area contributed by atoms with Gasteiger partial charge < -0.3 is 9.13 Å². The minimum Gasteiger partial charge on any atom is -0.309 e. The molecule has 3 aromatic heterocycles. The van der Waals surface area contributed by atoms with Crippen molar-refractivity contribution in [2.45, 2.75) is 0 Å². The van der Waals surface area contributed by atoms with Crippen LogP contribution in [-0.4, -0.2) is 9.13 Å². The molecule has 3 heteroatoms. The number of nitrogens with zero attached hydrogens (tertiary/aromatic N) is 2. The number of hydrogen-bond donors (Lipinski definition) is 0. The van der Waals surface area contributed by atoms with Gasteiger partial charge in [-0.15, -0.1) is 11.3 Å². The molecule has 0 N–H and O–H groups in total. The maximum Gasteiger partial charge on any atom is 0.0645 e. The Kier molecular flexibility index (Phi) is 5.74. The molecule has 266 valence electrons. The van der Waals surface area contributed by atoms with Crippen LogP contribution < -0.4 is 0 Å². The number of para-hydroxylation sites is 2. The van der Waals surface area contributed by atoms with Crippen molar-refractivity contribution in [3.63, 3.8) is 0 Å². The second-order valence-corrected chi connectivity index (χ2v) is 15.4. The van der Waals surface area contributed by atoms with Crippen molar-refractivity contribution < 1.29 is 9.60 Å². The third-order valence-electron chi connectivity index (χ3n) is 11.2. The number of hydrogen-bond acceptors (Lipinski definition) is 1. The first-order chi connectivity index (χ1) is 31.2. The van der Waals surface area contributed by atoms with E-state index in [1.165, 1.54) is 0 Å². The van der Waals surface area contributed by atoms with Crippen LogP contribution in [0.25, 0.3) is 109 Å². The van der Waals surface area contributed by atoms with Crippen LogP contribution in [0.2, 0.25) is 0 Å². The highest BCUT2D eigenvalue weighted by molar-refractivity contribution is 7.25. The molecular formula is C54H34N2S. The number of fused-ring (bicyclic) bond motifs is 9. The van der Waals surface area contributed by atoms with Gasteiger partial charge in [0, 0.05) is 47.3 Å². The number of rotatable bonds is 5. The molecule has 12 aromatic rings. The summed E-state index contributed by atoms with van der Waals surface area (Å²) in [6.45, 7) is 0. The van der Waals surface area contributed by atoms with Crippen molar-refractivity contribution in [2.75, 3.05) is 0 Å². The van der Waals surface area contributed by atoms with Crippen LogP contribution in [-0.2, 0) is 0 Å². The predicted molar refractivity (Wildman–Crippen MR) is 244 cm³/mol. The zero-order valence-electron chi connectivity index (χ0n) is 37.4. The summed E-state index contributed by atoms with van der Waals surface area (Å²) >= 11 is 1.62. The van der Waals surface area contributed by atoms with E-state index in [4.69, 9.17) is 2.74 Å². The van der Waals surface area contributed by atoms with Crippen LogP contribution in [0.15, 0.2) is 206 Å². The Labute approximate surface area is 343 Å². The maximum absolute atomic E-state index is 10.0. The van der Waals surface area contributed by atoms with E-state index in [1.54, 1.807) is 15.9 Å². The Morgan fingerprint density at radius 3 is 1.79 bits per heavy atom. The van der Waals surface area contributed by atoms with E-state index in [-0.39, 0.29) is 57.6 Å². The summed E-state index contributed by atoms with van der Waals surface area (Å²) in [7, 11) is 0. The Hall–Kier alpha value is -7.20. The van der Waals surface area contributed by atoms with Gasteiger partial charge in [0.15, 0.2) is 0 Å². The van der Waals surface area contributed by atoms with Gasteiger partial charge in [-0.1, -0.05) is 139 Å². The van der Waals surface area contributed by atoms with E-state index in [9.17, 15) is 6.85 Å². The molecule has 0 saturated heterocycles. The zero-order valence-corrected chi connectivity index (χ0v) is 31.2. The van der Waals surface area contributed by atoms with Crippen molar-refractivity contribution in [3.05, 3.63) is 206 Å². The third kappa shape index (κ3) is 4.96. The highest BCUT2D eigenvalue weighted by atomic mass is 32.1. The zero-order chi connectivity index (χ0) is 43.5. The SMILES string of the molecule is [2H]c1c([2H])c([2H])c2c(c1[2H])c1c([2H])c(-c3ccc4c(c3)c3cc(-c5ccccc5)ccc3n4-c3ccccc3-c3ccccc3)c([2H])c([2H])c1n2-c1cccc2sc3ccccc3c12. The summed E-state index contributed by atoms with van der Waals surface area (Å²) < 4.78 is 71.8. The Morgan fingerprint density at radius 1 is 0.368 bits per heavy atom. The van der Waals surface area contributed by atoms with Gasteiger partial charge in [-0.25, -0.2) is 0 Å². The van der Waals surface area contributed by atoms with Crippen LogP contribution in [0.3, 0.4) is 0 Å². The predicted octanol–water partition coefficient (Wildman–Crippen LogP) is 15.2. The molecule has 12 rings (SSSR count). The lowest BCUT2D eigenvalue weighted by Crippen LogP contribution is -1.97. The fourth-order valence-corrected chi connectivity index (χ4v) is 9.75. The molecule has 0 unspecified atom stereocenters. The molecule has 0 spiro atoms. The summed E-state index contributed by atoms with van der Waals surface area (Å²) in [5, 5.41) is 4.09. The average Bonchev–Trinajstić information content (AvgIpc) is 4.01. The van der Waals surface area contributed by atoms with Crippen LogP contribution in [0.5, 0.6) is 0 Å². The Morgan fingerprint density at radius 2 is 0.982 bits per heavy atom. The normalized spacial score (nSPS) is 13.6. The molecule has 2 nitrogen and oxygen atoms in total. The quantitative estimate of drug-likeness (QED) is 0.166. The van der Waals surface area contributed by atoms with E-state index in [0.29, 0.717) is 11.3 Å². The Bertz CT molecular complexity index is 3930. The van der Waals surface area contributed by atoms with Gasteiger partial charge in [0.2, 0.25) is 0 Å². The molecule has 57 heavy (non-hydrogen) atoms. The summed E-state index contributed by atoms with van der Waals surface area (Å²) in [5.41, 5.74) is 8.96. The summed E-state index contributed by atoms with van der Waals surface area (Å²) in [5.74, 6) is 0. The average molecular weight is 750 g/mol. The smallest absolute Gasteiger partial charge is 0.0645 e. The summed E-state index contributed by atoms with van der Waals surface area (Å²) in [6, 6.07) is 53.4. The van der Waals surface area contributed by atoms with Gasteiger partial charge >= 0.3 is 0 Å². The standard InChI is InChI=1S/C54H34N2S/c1-3-14-35(15-4-1)37-26-29-49-44(32-37)45-34-39(28-31-50(45)55(49)46-21-10-7-18-40(46)36-16-5-2-6-17-36)38-27-30-48-43(33-38)41-19-8-11-22-47(41)56(48)51-23-13-25-53-54(51)42-20-9-12-24-52(42)57-53/h1-34H/i8D,11D,19D,22D,27D,30D,33D. The maximum atomic E-state index is 10.0. The van der Waals surface area contributed by atoms with Crippen LogP contribution in [0, 0.1) is 0 Å². The van der Waals surface area contributed by atoms with Crippen molar-refractivity contribution in [1.82, 2.24) is 9.13 Å². The first-order valence-corrected chi connectivity index (χ1v) is 19.8. The molecule has 0 bridgehead atoms. The van der Waals surface area contributed by atoms with E-state index in [2.05, 4.69) is 59.2 Å². The third-order valence-corrected chi connectivity index (χ3v) is 12.3. The molecule has 0 saturated carbocycles. The molecule has 0 amide bonds. The van der Waals surface area contributed by atoms with Crippen LogP contribution in [0.4, 0.5) is 0 Å². The first kappa shape index (κ1) is 25.8. The molecule has 0 atom stereocenters. The molecule has 0 aliphatic heterocycles. The Balaban J connectivity index is 1.18. The first-order valence-electron chi connectivity index (χ1n) is 22.4. The lowest BCUT2D eigenvalue weighted by Gasteiger charge is -2.14. The molecule has 9 aromatic carbocycles. The second-order valence-electron chi connectivity index (χ2n) is 14.3. The topological polar surface area (TPSA) is 9.86 Å². The van der Waals surface area contributed by atoms with E-state index < -0.39 is 12.1 Å². The summed E-state index contributed by atoms with van der Waals surface area (Å²) in [4.78, 5) is 0. The highest BCUT2D eigenvalue weighted by Gasteiger charge is 2.20. The van der Waals surface area contributed by atoms with Gasteiger partial charge in [-0.3, -0.25) is 0 Å².